The highest BCUT2D eigenvalue weighted by atomic mass is 16.7. The molecule has 0 amide bonds. The monoisotopic (exact) mass is 316 g/mol. The van der Waals surface area contributed by atoms with E-state index in [9.17, 15) is 0 Å². The fourth-order valence-corrected chi connectivity index (χ4v) is 3.25. The van der Waals surface area contributed by atoms with Crippen LogP contribution in [0.1, 0.15) is 60.3 Å². The largest absolute Gasteiger partial charge is 0.494 e. The molecule has 1 aliphatic carbocycles. The molecule has 0 aromatic heterocycles. The van der Waals surface area contributed by atoms with Crippen LogP contribution in [0.3, 0.4) is 0 Å². The quantitative estimate of drug-likeness (QED) is 0.791. The van der Waals surface area contributed by atoms with Crippen LogP contribution in [0.5, 0.6) is 5.75 Å². The Labute approximate surface area is 140 Å². The van der Waals surface area contributed by atoms with Gasteiger partial charge in [-0.05, 0) is 76.9 Å². The smallest absolute Gasteiger partial charge is 0.490 e. The highest BCUT2D eigenvalue weighted by molar-refractivity contribution is 6.62. The summed E-state index contributed by atoms with van der Waals surface area (Å²) in [4.78, 5) is 0. The van der Waals surface area contributed by atoms with Crippen LogP contribution >= 0.6 is 0 Å². The Hall–Kier alpha value is -0.995. The van der Waals surface area contributed by atoms with Crippen molar-refractivity contribution in [2.24, 2.45) is 5.92 Å². The molecule has 126 valence electrons. The number of benzene rings is 1. The third kappa shape index (κ3) is 3.58. The number of hydrogen-bond donors (Lipinski definition) is 0. The normalized spacial score (nSPS) is 29.5. The van der Waals surface area contributed by atoms with E-state index in [-0.39, 0.29) is 18.3 Å². The van der Waals surface area contributed by atoms with Gasteiger partial charge in [-0.3, -0.25) is 0 Å². The first-order valence-electron chi connectivity index (χ1n) is 8.89. The molecule has 3 rings (SSSR count). The van der Waals surface area contributed by atoms with Crippen molar-refractivity contribution in [3.05, 3.63) is 24.3 Å². The first-order valence-corrected chi connectivity index (χ1v) is 8.89. The van der Waals surface area contributed by atoms with E-state index >= 15 is 0 Å². The molecule has 1 aromatic carbocycles. The van der Waals surface area contributed by atoms with Crippen LogP contribution in [0.4, 0.5) is 0 Å². The molecule has 1 saturated heterocycles. The minimum absolute atomic E-state index is 0.311. The Morgan fingerprint density at radius 3 is 2.22 bits per heavy atom. The van der Waals surface area contributed by atoms with Gasteiger partial charge in [0.25, 0.3) is 0 Å². The lowest BCUT2D eigenvalue weighted by molar-refractivity contribution is 0.00578. The van der Waals surface area contributed by atoms with Gasteiger partial charge in [0.2, 0.25) is 0 Å². The van der Waals surface area contributed by atoms with Crippen molar-refractivity contribution < 1.29 is 14.0 Å². The van der Waals surface area contributed by atoms with Gasteiger partial charge in [-0.2, -0.15) is 0 Å². The van der Waals surface area contributed by atoms with E-state index in [0.29, 0.717) is 6.10 Å². The SMILES string of the molecule is CC1CCC(Oc2cccc(B3OC(C)(C)C(C)(C)O3)c2)CC1. The lowest BCUT2D eigenvalue weighted by atomic mass is 9.79. The molecule has 1 heterocycles. The van der Waals surface area contributed by atoms with E-state index in [1.807, 2.05) is 12.1 Å². The van der Waals surface area contributed by atoms with Crippen molar-refractivity contribution in [1.82, 2.24) is 0 Å². The number of ether oxygens (including phenoxy) is 1. The Kier molecular flexibility index (Phi) is 4.50. The van der Waals surface area contributed by atoms with E-state index < -0.39 is 0 Å². The van der Waals surface area contributed by atoms with Gasteiger partial charge >= 0.3 is 7.12 Å². The summed E-state index contributed by atoms with van der Waals surface area (Å²) < 4.78 is 18.5. The predicted molar refractivity (Wildman–Crippen MR) is 94.2 cm³/mol. The molecule has 3 nitrogen and oxygen atoms in total. The van der Waals surface area contributed by atoms with Crippen molar-refractivity contribution in [3.8, 4) is 5.75 Å². The maximum atomic E-state index is 6.20. The molecule has 0 unspecified atom stereocenters. The van der Waals surface area contributed by atoms with Gasteiger partial charge in [-0.1, -0.05) is 19.1 Å². The van der Waals surface area contributed by atoms with Gasteiger partial charge in [0.05, 0.1) is 17.3 Å². The van der Waals surface area contributed by atoms with Gasteiger partial charge in [0, 0.05) is 0 Å². The van der Waals surface area contributed by atoms with Crippen LogP contribution in [0.2, 0.25) is 0 Å². The Morgan fingerprint density at radius 2 is 1.61 bits per heavy atom. The van der Waals surface area contributed by atoms with E-state index in [0.717, 1.165) is 30.0 Å². The first-order chi connectivity index (χ1) is 10.8. The van der Waals surface area contributed by atoms with Gasteiger partial charge in [0.15, 0.2) is 0 Å². The molecule has 1 aromatic rings. The Morgan fingerprint density at radius 1 is 1.00 bits per heavy atom. The van der Waals surface area contributed by atoms with Crippen LogP contribution in [0.15, 0.2) is 24.3 Å². The van der Waals surface area contributed by atoms with Crippen LogP contribution < -0.4 is 10.2 Å². The second-order valence-electron chi connectivity index (χ2n) is 8.16. The maximum absolute atomic E-state index is 6.20. The van der Waals surface area contributed by atoms with Gasteiger partial charge in [-0.15, -0.1) is 0 Å². The summed E-state index contributed by atoms with van der Waals surface area (Å²) in [6, 6.07) is 8.19. The zero-order chi connectivity index (χ0) is 16.7. The molecule has 4 heteroatoms. The minimum Gasteiger partial charge on any atom is -0.490 e. The Balaban J connectivity index is 1.69. The molecule has 1 aliphatic heterocycles. The second-order valence-corrected chi connectivity index (χ2v) is 8.16. The van der Waals surface area contributed by atoms with Crippen molar-refractivity contribution in [3.63, 3.8) is 0 Å². The molecule has 2 fully saturated rings. The average molecular weight is 316 g/mol. The average Bonchev–Trinajstić information content (AvgIpc) is 2.70. The molecule has 23 heavy (non-hydrogen) atoms. The summed E-state index contributed by atoms with van der Waals surface area (Å²) in [5.41, 5.74) is 0.410. The van der Waals surface area contributed by atoms with Crippen LogP contribution in [-0.2, 0) is 9.31 Å². The first kappa shape index (κ1) is 16.8. The summed E-state index contributed by atoms with van der Waals surface area (Å²) in [7, 11) is -0.324. The standard InChI is InChI=1S/C19H29BO3/c1-14-9-11-16(12-10-14)21-17-8-6-7-15(13-17)20-22-18(2,3)19(4,5)23-20/h6-8,13-14,16H,9-12H2,1-5H3. The van der Waals surface area contributed by atoms with Crippen molar-refractivity contribution in [1.29, 1.82) is 0 Å². The molecular formula is C19H29BO3. The molecule has 0 radical (unpaired) electrons. The predicted octanol–water partition coefficient (Wildman–Crippen LogP) is 3.94. The molecule has 0 bridgehead atoms. The van der Waals surface area contributed by atoms with Gasteiger partial charge < -0.3 is 14.0 Å². The zero-order valence-electron chi connectivity index (χ0n) is 15.1. The van der Waals surface area contributed by atoms with E-state index in [1.54, 1.807) is 0 Å². The minimum atomic E-state index is -0.324. The second kappa shape index (κ2) is 6.14. The van der Waals surface area contributed by atoms with Crippen molar-refractivity contribution in [2.45, 2.75) is 77.6 Å². The zero-order valence-corrected chi connectivity index (χ0v) is 15.1. The highest BCUT2D eigenvalue weighted by Gasteiger charge is 2.51. The summed E-state index contributed by atoms with van der Waals surface area (Å²) >= 11 is 0. The number of hydrogen-bond acceptors (Lipinski definition) is 3. The van der Waals surface area contributed by atoms with Crippen molar-refractivity contribution >= 4 is 12.6 Å². The van der Waals surface area contributed by atoms with E-state index in [4.69, 9.17) is 14.0 Å². The summed E-state index contributed by atoms with van der Waals surface area (Å²) in [6.45, 7) is 10.6. The van der Waals surface area contributed by atoms with Crippen LogP contribution in [0.25, 0.3) is 0 Å². The Bertz CT molecular complexity index is 531. The molecule has 1 saturated carbocycles. The van der Waals surface area contributed by atoms with Crippen molar-refractivity contribution in [2.75, 3.05) is 0 Å². The summed E-state index contributed by atoms with van der Waals surface area (Å²) in [5.74, 6) is 1.77. The third-order valence-electron chi connectivity index (χ3n) is 5.65. The lowest BCUT2D eigenvalue weighted by Gasteiger charge is -2.32. The summed E-state index contributed by atoms with van der Waals surface area (Å²) in [6.07, 6.45) is 5.19. The van der Waals surface area contributed by atoms with Crippen LogP contribution in [0, 0.1) is 5.92 Å². The molecule has 2 aliphatic rings. The molecule has 0 N–H and O–H groups in total. The third-order valence-corrected chi connectivity index (χ3v) is 5.65. The highest BCUT2D eigenvalue weighted by Crippen LogP contribution is 2.36. The molecule has 0 spiro atoms. The van der Waals surface area contributed by atoms with E-state index in [1.165, 1.54) is 12.8 Å². The van der Waals surface area contributed by atoms with Gasteiger partial charge in [-0.25, -0.2) is 0 Å². The lowest BCUT2D eigenvalue weighted by Crippen LogP contribution is -2.41. The maximum Gasteiger partial charge on any atom is 0.494 e. The van der Waals surface area contributed by atoms with E-state index in [2.05, 4.69) is 46.8 Å². The fourth-order valence-electron chi connectivity index (χ4n) is 3.25. The number of rotatable bonds is 3. The molecule has 0 atom stereocenters. The topological polar surface area (TPSA) is 27.7 Å². The van der Waals surface area contributed by atoms with Gasteiger partial charge in [0.1, 0.15) is 5.75 Å². The molecular weight excluding hydrogens is 287 g/mol. The fraction of sp³-hybridized carbons (Fsp3) is 0.684. The van der Waals surface area contributed by atoms with Crippen LogP contribution in [-0.4, -0.2) is 24.4 Å². The summed E-state index contributed by atoms with van der Waals surface area (Å²) in [5, 5.41) is 0.